The summed E-state index contributed by atoms with van der Waals surface area (Å²) >= 11 is 0. The first-order chi connectivity index (χ1) is 4.27. The zero-order chi connectivity index (χ0) is 6.43. The lowest BCUT2D eigenvalue weighted by molar-refractivity contribution is -0.130. The quantitative estimate of drug-likeness (QED) is 0.468. The molecule has 9 heavy (non-hydrogen) atoms. The Labute approximate surface area is 56.4 Å². The van der Waals surface area contributed by atoms with Crippen molar-refractivity contribution in [3.05, 3.63) is 0 Å². The van der Waals surface area contributed by atoms with E-state index in [-0.39, 0.29) is 0 Å². The Balaban J connectivity index is 2.04. The van der Waals surface area contributed by atoms with Crippen molar-refractivity contribution in [2.45, 2.75) is 18.9 Å². The van der Waals surface area contributed by atoms with Gasteiger partial charge in [0.25, 0.3) is 0 Å². The highest BCUT2D eigenvalue weighted by atomic mass is 15.6. The number of rotatable bonds is 0. The molecule has 0 unspecified atom stereocenters. The maximum Gasteiger partial charge on any atom is 0.0248 e. The summed E-state index contributed by atoms with van der Waals surface area (Å²) in [6.07, 6.45) is 2.89. The topological polar surface area (TPSA) is 6.48 Å². The van der Waals surface area contributed by atoms with Crippen molar-refractivity contribution in [1.82, 2.24) is 10.0 Å². The maximum absolute atomic E-state index is 2.38. The fraction of sp³-hybridized carbons (Fsp3) is 1.00. The van der Waals surface area contributed by atoms with Crippen molar-refractivity contribution < 1.29 is 0 Å². The smallest absolute Gasteiger partial charge is 0.0248 e. The lowest BCUT2D eigenvalue weighted by Gasteiger charge is -2.52. The van der Waals surface area contributed by atoms with Gasteiger partial charge in [0.15, 0.2) is 0 Å². The van der Waals surface area contributed by atoms with Gasteiger partial charge in [-0.2, -0.15) is 0 Å². The molecule has 2 heterocycles. The summed E-state index contributed by atoms with van der Waals surface area (Å²) < 4.78 is 0. The van der Waals surface area contributed by atoms with Crippen LogP contribution in [0.25, 0.3) is 0 Å². The third-order valence-electron chi connectivity index (χ3n) is 2.80. The normalized spacial score (nSPS) is 44.7. The Morgan fingerprint density at radius 1 is 1.22 bits per heavy atom. The molecular weight excluding hydrogens is 112 g/mol. The van der Waals surface area contributed by atoms with Gasteiger partial charge in [-0.15, -0.1) is 0 Å². The van der Waals surface area contributed by atoms with Crippen LogP contribution < -0.4 is 0 Å². The Morgan fingerprint density at radius 2 is 1.89 bits per heavy atom. The summed E-state index contributed by atoms with van der Waals surface area (Å²) in [5.74, 6) is 1.02. The first kappa shape index (κ1) is 5.69. The molecule has 2 heteroatoms. The van der Waals surface area contributed by atoms with Gasteiger partial charge in [-0.3, -0.25) is 0 Å². The van der Waals surface area contributed by atoms with E-state index in [4.69, 9.17) is 0 Å². The first-order valence-corrected chi connectivity index (χ1v) is 3.71. The van der Waals surface area contributed by atoms with Crippen LogP contribution in [0.5, 0.6) is 0 Å². The molecule has 2 bridgehead atoms. The Morgan fingerprint density at radius 3 is 2.22 bits per heavy atom. The molecular formula is C7H14N2. The molecule has 0 amide bonds. The van der Waals surface area contributed by atoms with E-state index in [1.54, 1.807) is 0 Å². The Hall–Kier alpha value is -0.0800. The minimum Gasteiger partial charge on any atom is -0.245 e. The van der Waals surface area contributed by atoms with Crippen LogP contribution >= 0.6 is 0 Å². The van der Waals surface area contributed by atoms with Gasteiger partial charge in [0.1, 0.15) is 0 Å². The van der Waals surface area contributed by atoms with Gasteiger partial charge in [0, 0.05) is 26.7 Å². The van der Waals surface area contributed by atoms with Crippen LogP contribution in [0.2, 0.25) is 0 Å². The molecule has 1 aliphatic carbocycles. The summed E-state index contributed by atoms with van der Waals surface area (Å²) in [5, 5.41) is 4.71. The van der Waals surface area contributed by atoms with Crippen LogP contribution in [0.1, 0.15) is 12.8 Å². The third-order valence-corrected chi connectivity index (χ3v) is 2.80. The second-order valence-electron chi connectivity index (χ2n) is 3.41. The zero-order valence-electron chi connectivity index (χ0n) is 6.17. The Kier molecular flexibility index (Phi) is 1.08. The molecule has 2 saturated heterocycles. The third kappa shape index (κ3) is 0.700. The van der Waals surface area contributed by atoms with Gasteiger partial charge >= 0.3 is 0 Å². The summed E-state index contributed by atoms with van der Waals surface area (Å²) in [6, 6.07) is 0.883. The van der Waals surface area contributed by atoms with Crippen molar-refractivity contribution in [2.24, 2.45) is 5.92 Å². The molecule has 0 atom stereocenters. The number of fused-ring (bicyclic) bond motifs is 2. The van der Waals surface area contributed by atoms with E-state index < -0.39 is 0 Å². The van der Waals surface area contributed by atoms with Crippen LogP contribution in [0.3, 0.4) is 0 Å². The first-order valence-electron chi connectivity index (χ1n) is 3.71. The highest BCUT2D eigenvalue weighted by Crippen LogP contribution is 2.36. The fourth-order valence-corrected chi connectivity index (χ4v) is 1.94. The molecule has 2 aliphatic heterocycles. The highest BCUT2D eigenvalue weighted by Gasteiger charge is 2.39. The van der Waals surface area contributed by atoms with E-state index in [9.17, 15) is 0 Å². The zero-order valence-corrected chi connectivity index (χ0v) is 6.17. The van der Waals surface area contributed by atoms with Crippen molar-refractivity contribution in [3.8, 4) is 0 Å². The van der Waals surface area contributed by atoms with Crippen LogP contribution in [0.15, 0.2) is 0 Å². The van der Waals surface area contributed by atoms with Gasteiger partial charge in [0.05, 0.1) is 0 Å². The molecule has 0 aromatic heterocycles. The predicted molar refractivity (Wildman–Crippen MR) is 36.9 cm³/mol. The molecule has 3 fully saturated rings. The average Bonchev–Trinajstić information content (AvgIpc) is 1.72. The monoisotopic (exact) mass is 126 g/mol. The number of nitrogens with zero attached hydrogens (tertiary/aromatic N) is 2. The molecule has 52 valence electrons. The molecule has 3 aliphatic rings. The van der Waals surface area contributed by atoms with E-state index >= 15 is 0 Å². The van der Waals surface area contributed by atoms with Gasteiger partial charge in [-0.25, -0.2) is 10.0 Å². The molecule has 3 rings (SSSR count). The lowest BCUT2D eigenvalue weighted by atomic mass is 9.78. The second-order valence-corrected chi connectivity index (χ2v) is 3.41. The summed E-state index contributed by atoms with van der Waals surface area (Å²) in [7, 11) is 4.37. The highest BCUT2D eigenvalue weighted by molar-refractivity contribution is 4.90. The summed E-state index contributed by atoms with van der Waals surface area (Å²) in [6.45, 7) is 1.28. The van der Waals surface area contributed by atoms with Gasteiger partial charge < -0.3 is 0 Å². The summed E-state index contributed by atoms with van der Waals surface area (Å²) in [4.78, 5) is 0. The number of hydrazine groups is 1. The van der Waals surface area contributed by atoms with E-state index in [2.05, 4.69) is 24.1 Å². The van der Waals surface area contributed by atoms with E-state index in [0.29, 0.717) is 0 Å². The molecule has 0 N–H and O–H groups in total. The molecule has 0 radical (unpaired) electrons. The van der Waals surface area contributed by atoms with Crippen molar-refractivity contribution >= 4 is 0 Å². The Bertz CT molecular complexity index is 116. The summed E-state index contributed by atoms with van der Waals surface area (Å²) in [5.41, 5.74) is 0. The lowest BCUT2D eigenvalue weighted by Crippen LogP contribution is -2.59. The van der Waals surface area contributed by atoms with E-state index in [1.165, 1.54) is 19.4 Å². The largest absolute Gasteiger partial charge is 0.245 e. The standard InChI is InChI=1S/C7H14N2/c1-8-5-6-3-7(4-6)9(8)2/h6-7H,3-5H2,1-2H3. The van der Waals surface area contributed by atoms with E-state index in [0.717, 1.165) is 12.0 Å². The SMILES string of the molecule is CN1CC2CC(C2)N1C. The van der Waals surface area contributed by atoms with Crippen molar-refractivity contribution in [1.29, 1.82) is 0 Å². The van der Waals surface area contributed by atoms with Gasteiger partial charge in [-0.1, -0.05) is 0 Å². The minimum absolute atomic E-state index is 0.883. The maximum atomic E-state index is 2.38. The van der Waals surface area contributed by atoms with Crippen LogP contribution in [0, 0.1) is 5.92 Å². The predicted octanol–water partition coefficient (Wildman–Crippen LogP) is 0.557. The molecule has 1 saturated carbocycles. The minimum atomic E-state index is 0.883. The fourth-order valence-electron chi connectivity index (χ4n) is 1.94. The molecule has 0 spiro atoms. The van der Waals surface area contributed by atoms with Gasteiger partial charge in [0.2, 0.25) is 0 Å². The second kappa shape index (κ2) is 1.70. The van der Waals surface area contributed by atoms with Crippen LogP contribution in [-0.2, 0) is 0 Å². The van der Waals surface area contributed by atoms with Crippen LogP contribution in [0.4, 0.5) is 0 Å². The van der Waals surface area contributed by atoms with Crippen molar-refractivity contribution in [2.75, 3.05) is 20.6 Å². The van der Waals surface area contributed by atoms with E-state index in [1.807, 2.05) is 0 Å². The molecule has 0 aromatic carbocycles. The molecule has 0 aromatic rings. The molecule has 2 nitrogen and oxygen atoms in total. The number of hydrogen-bond acceptors (Lipinski definition) is 2. The van der Waals surface area contributed by atoms with Crippen LogP contribution in [-0.4, -0.2) is 36.7 Å². The van der Waals surface area contributed by atoms with Crippen molar-refractivity contribution in [3.63, 3.8) is 0 Å². The number of hydrogen-bond donors (Lipinski definition) is 0. The average molecular weight is 126 g/mol. The van der Waals surface area contributed by atoms with Gasteiger partial charge in [-0.05, 0) is 18.8 Å².